The second-order valence-electron chi connectivity index (χ2n) is 9.22. The maximum absolute atomic E-state index is 13.4. The van der Waals surface area contributed by atoms with Gasteiger partial charge >= 0.3 is 6.03 Å². The summed E-state index contributed by atoms with van der Waals surface area (Å²) in [5, 5.41) is 16.4. The fourth-order valence-corrected chi connectivity index (χ4v) is 4.49. The number of aryl methyl sites for hydroxylation is 2. The number of ether oxygens (including phenoxy) is 1. The number of likely N-dealkylation sites (N-methyl/N-ethyl adjacent to an activating group) is 1. The van der Waals surface area contributed by atoms with Gasteiger partial charge in [-0.15, -0.1) is 0 Å². The Bertz CT molecular complexity index is 1210. The predicted molar refractivity (Wildman–Crippen MR) is 134 cm³/mol. The van der Waals surface area contributed by atoms with Gasteiger partial charge in [0.15, 0.2) is 5.76 Å². The zero-order valence-electron chi connectivity index (χ0n) is 21.2. The van der Waals surface area contributed by atoms with Gasteiger partial charge in [0, 0.05) is 25.2 Å². The molecule has 198 valence electrons. The minimum absolute atomic E-state index is 0.156. The zero-order valence-corrected chi connectivity index (χ0v) is 22.0. The van der Waals surface area contributed by atoms with E-state index >= 15 is 0 Å². The molecule has 13 heteroatoms. The van der Waals surface area contributed by atoms with Crippen molar-refractivity contribution in [2.45, 2.75) is 39.8 Å². The maximum Gasteiger partial charge on any atom is 0.321 e. The number of nitrogens with one attached hydrogen (secondary N) is 2. The van der Waals surface area contributed by atoms with E-state index in [0.717, 1.165) is 6.26 Å². The number of hydrogen-bond acceptors (Lipinski definition) is 8. The fourth-order valence-electron chi connectivity index (χ4n) is 3.93. The van der Waals surface area contributed by atoms with Gasteiger partial charge in [0.05, 0.1) is 31.0 Å². The van der Waals surface area contributed by atoms with Crippen molar-refractivity contribution in [1.29, 1.82) is 0 Å². The predicted octanol–water partition coefficient (Wildman–Crippen LogP) is 2.05. The molecule has 0 saturated carbocycles. The minimum Gasteiger partial charge on any atom is -0.487 e. The Morgan fingerprint density at radius 3 is 2.64 bits per heavy atom. The lowest BCUT2D eigenvalue weighted by atomic mass is 9.99. The van der Waals surface area contributed by atoms with Crippen molar-refractivity contribution in [3.63, 3.8) is 0 Å². The van der Waals surface area contributed by atoms with Crippen molar-refractivity contribution in [2.75, 3.05) is 43.0 Å². The number of benzene rings is 1. The number of carbonyl (C=O) groups is 2. The number of aromatic nitrogens is 1. The van der Waals surface area contributed by atoms with Crippen LogP contribution in [0.15, 0.2) is 22.7 Å². The van der Waals surface area contributed by atoms with Crippen molar-refractivity contribution in [2.24, 2.45) is 5.92 Å². The highest BCUT2D eigenvalue weighted by Crippen LogP contribution is 2.31. The molecule has 0 spiro atoms. The van der Waals surface area contributed by atoms with E-state index in [1.54, 1.807) is 27.8 Å². The van der Waals surface area contributed by atoms with Crippen LogP contribution in [-0.4, -0.2) is 85.6 Å². The second kappa shape index (κ2) is 10.7. The molecule has 3 rings (SSSR count). The van der Waals surface area contributed by atoms with Gasteiger partial charge < -0.3 is 29.5 Å². The van der Waals surface area contributed by atoms with Gasteiger partial charge in [0.2, 0.25) is 10.0 Å². The van der Waals surface area contributed by atoms with Crippen LogP contribution in [0.3, 0.4) is 0 Å². The van der Waals surface area contributed by atoms with Crippen LogP contribution in [-0.2, 0) is 10.0 Å². The van der Waals surface area contributed by atoms with Crippen LogP contribution in [0.5, 0.6) is 5.75 Å². The lowest BCUT2D eigenvalue weighted by Gasteiger charge is -2.38. The van der Waals surface area contributed by atoms with E-state index in [4.69, 9.17) is 9.26 Å². The first-order valence-electron chi connectivity index (χ1n) is 11.5. The SMILES string of the molecule is Cc1noc(C)c1NC(=O)N(C)C[C@H]1Oc2ccc(NS(C)(=O)=O)cc2C(=O)N([C@@H](C)CO)C[C@@H]1C. The van der Waals surface area contributed by atoms with Crippen LogP contribution in [0.2, 0.25) is 0 Å². The summed E-state index contributed by atoms with van der Waals surface area (Å²) in [5.74, 6) is 0.146. The Hall–Kier alpha value is -3.32. The van der Waals surface area contributed by atoms with E-state index in [0.29, 0.717) is 17.1 Å². The normalized spacial score (nSPS) is 19.0. The zero-order chi connectivity index (χ0) is 26.8. The van der Waals surface area contributed by atoms with Crippen LogP contribution in [0.1, 0.15) is 35.7 Å². The number of amides is 3. The molecule has 0 bridgehead atoms. The first kappa shape index (κ1) is 27.3. The Kier molecular flexibility index (Phi) is 8.14. The Labute approximate surface area is 210 Å². The number of fused-ring (bicyclic) bond motifs is 1. The van der Waals surface area contributed by atoms with Crippen molar-refractivity contribution < 1.29 is 32.4 Å². The average Bonchev–Trinajstić information content (AvgIpc) is 3.12. The molecular weight excluding hydrogens is 490 g/mol. The summed E-state index contributed by atoms with van der Waals surface area (Å²) in [7, 11) is -1.94. The summed E-state index contributed by atoms with van der Waals surface area (Å²) >= 11 is 0. The molecule has 0 saturated heterocycles. The van der Waals surface area contributed by atoms with Gasteiger partial charge in [-0.25, -0.2) is 13.2 Å². The molecule has 1 aliphatic rings. The molecule has 0 radical (unpaired) electrons. The van der Waals surface area contributed by atoms with E-state index in [9.17, 15) is 23.1 Å². The number of carbonyl (C=O) groups excluding carboxylic acids is 2. The average molecular weight is 524 g/mol. The highest BCUT2D eigenvalue weighted by atomic mass is 32.2. The molecule has 1 aromatic carbocycles. The molecule has 3 amide bonds. The Morgan fingerprint density at radius 2 is 2.06 bits per heavy atom. The largest absolute Gasteiger partial charge is 0.487 e. The second-order valence-corrected chi connectivity index (χ2v) is 11.0. The Morgan fingerprint density at radius 1 is 1.36 bits per heavy atom. The third-order valence-corrected chi connectivity index (χ3v) is 6.64. The first-order chi connectivity index (χ1) is 16.8. The van der Waals surface area contributed by atoms with Gasteiger partial charge in [-0.1, -0.05) is 12.1 Å². The maximum atomic E-state index is 13.4. The summed E-state index contributed by atoms with van der Waals surface area (Å²) in [6.45, 7) is 7.25. The van der Waals surface area contributed by atoms with Crippen LogP contribution < -0.4 is 14.8 Å². The quantitative estimate of drug-likeness (QED) is 0.498. The lowest BCUT2D eigenvalue weighted by Crippen LogP contribution is -2.50. The number of hydrogen-bond donors (Lipinski definition) is 3. The minimum atomic E-state index is -3.56. The van der Waals surface area contributed by atoms with E-state index in [1.165, 1.54) is 28.0 Å². The molecule has 2 aromatic rings. The molecule has 0 unspecified atom stereocenters. The number of anilines is 2. The van der Waals surface area contributed by atoms with Crippen molar-refractivity contribution in [1.82, 2.24) is 15.0 Å². The molecule has 2 heterocycles. The Balaban J connectivity index is 1.90. The van der Waals surface area contributed by atoms with Crippen LogP contribution >= 0.6 is 0 Å². The van der Waals surface area contributed by atoms with Crippen molar-refractivity contribution in [3.05, 3.63) is 35.2 Å². The molecular formula is C23H33N5O7S. The third-order valence-electron chi connectivity index (χ3n) is 6.03. The van der Waals surface area contributed by atoms with Crippen molar-refractivity contribution >= 4 is 33.3 Å². The molecule has 36 heavy (non-hydrogen) atoms. The first-order valence-corrected chi connectivity index (χ1v) is 13.3. The third kappa shape index (κ3) is 6.26. The topological polar surface area (TPSA) is 154 Å². The lowest BCUT2D eigenvalue weighted by molar-refractivity contribution is 0.0371. The van der Waals surface area contributed by atoms with Crippen molar-refractivity contribution in [3.8, 4) is 5.75 Å². The van der Waals surface area contributed by atoms with Gasteiger partial charge in [0.25, 0.3) is 5.91 Å². The van der Waals surface area contributed by atoms with Gasteiger partial charge in [-0.2, -0.15) is 0 Å². The standard InChI is InChI=1S/C23H33N5O7S/c1-13-10-28(14(2)12-29)22(30)18-9-17(26-36(6,32)33)7-8-19(18)34-20(13)11-27(5)23(31)24-21-15(3)25-35-16(21)4/h7-9,13-14,20,26,29H,10-12H2,1-6H3,(H,24,31)/t13-,14-,20+/m0/s1. The van der Waals surface area contributed by atoms with E-state index in [-0.39, 0.29) is 48.6 Å². The molecule has 1 aliphatic heterocycles. The summed E-state index contributed by atoms with van der Waals surface area (Å²) < 4.78 is 37.1. The van der Waals surface area contributed by atoms with Gasteiger partial charge in [-0.05, 0) is 39.0 Å². The molecule has 0 fully saturated rings. The smallest absolute Gasteiger partial charge is 0.321 e. The highest BCUT2D eigenvalue weighted by molar-refractivity contribution is 7.92. The molecule has 3 atom stereocenters. The molecule has 3 N–H and O–H groups in total. The number of urea groups is 1. The fraction of sp³-hybridized carbons (Fsp3) is 0.522. The van der Waals surface area contributed by atoms with Gasteiger partial charge in [-0.3, -0.25) is 9.52 Å². The number of nitrogens with zero attached hydrogens (tertiary/aromatic N) is 3. The summed E-state index contributed by atoms with van der Waals surface area (Å²) in [4.78, 5) is 29.3. The highest BCUT2D eigenvalue weighted by Gasteiger charge is 2.34. The summed E-state index contributed by atoms with van der Waals surface area (Å²) in [5.41, 5.74) is 1.43. The number of sulfonamides is 1. The summed E-state index contributed by atoms with van der Waals surface area (Å²) in [6, 6.07) is 3.57. The number of aliphatic hydroxyl groups excluding tert-OH is 1. The van der Waals surface area contributed by atoms with E-state index in [1.807, 2.05) is 6.92 Å². The molecule has 0 aliphatic carbocycles. The van der Waals surface area contributed by atoms with Crippen LogP contribution in [0, 0.1) is 19.8 Å². The molecule has 1 aromatic heterocycles. The van der Waals surface area contributed by atoms with E-state index < -0.39 is 28.1 Å². The van der Waals surface area contributed by atoms with E-state index in [2.05, 4.69) is 15.2 Å². The van der Waals surface area contributed by atoms with Gasteiger partial charge in [0.1, 0.15) is 23.2 Å². The monoisotopic (exact) mass is 523 g/mol. The number of rotatable bonds is 7. The van der Waals surface area contributed by atoms with Crippen LogP contribution in [0.4, 0.5) is 16.2 Å². The molecule has 12 nitrogen and oxygen atoms in total. The van der Waals surface area contributed by atoms with Crippen LogP contribution in [0.25, 0.3) is 0 Å². The summed E-state index contributed by atoms with van der Waals surface area (Å²) in [6.07, 6.45) is 0.503. The number of aliphatic hydroxyl groups is 1.